The maximum absolute atomic E-state index is 10.2. The Bertz CT molecular complexity index is 1560. The molecular formula is C29H27GeN2O+. The monoisotopic (exact) mass is 493 g/mol. The zero-order valence-corrected chi connectivity index (χ0v) is 21.8. The number of nitrogens with zero attached hydrogens (tertiary/aromatic N) is 2. The fourth-order valence-electron chi connectivity index (χ4n) is 4.60. The molecule has 0 spiro atoms. The first-order valence-corrected chi connectivity index (χ1v) is 18.6. The Morgan fingerprint density at radius 1 is 0.848 bits per heavy atom. The smallest absolute Gasteiger partial charge is 0.0497 e. The molecule has 0 amide bonds. The Hall–Kier alpha value is -3.36. The van der Waals surface area contributed by atoms with Gasteiger partial charge in [0.25, 0.3) is 0 Å². The van der Waals surface area contributed by atoms with Crippen molar-refractivity contribution in [2.45, 2.75) is 24.2 Å². The molecule has 0 saturated heterocycles. The fourth-order valence-corrected chi connectivity index (χ4v) is 7.05. The van der Waals surface area contributed by atoms with E-state index in [1.165, 1.54) is 4.40 Å². The standard InChI is InChI=1S/C29H27GeN2O/c1-19-9-14-24-23-16-15-22(20-10-12-21(13-11-20)30(2,3)4)25(18-31)28(23)33-29(24)27(19)26-8-6-7-17-32(26)5/h6-17H,1-5H3/q+1. The summed E-state index contributed by atoms with van der Waals surface area (Å²) in [6, 6.07) is 25.8. The first-order valence-electron chi connectivity index (χ1n) is 11.2. The van der Waals surface area contributed by atoms with Gasteiger partial charge in [0, 0.05) is 6.07 Å². The third kappa shape index (κ3) is 3.55. The summed E-state index contributed by atoms with van der Waals surface area (Å²) >= 11 is -1.89. The van der Waals surface area contributed by atoms with E-state index in [0.29, 0.717) is 11.1 Å². The van der Waals surface area contributed by atoms with Crippen LogP contribution in [0.2, 0.25) is 17.3 Å². The Balaban J connectivity index is 1.77. The van der Waals surface area contributed by atoms with Crippen LogP contribution in [0.25, 0.3) is 44.3 Å². The Morgan fingerprint density at radius 3 is 2.21 bits per heavy atom. The number of benzene rings is 3. The molecule has 5 aromatic rings. The number of rotatable bonds is 3. The zero-order valence-electron chi connectivity index (χ0n) is 19.7. The first kappa shape index (κ1) is 21.5. The summed E-state index contributed by atoms with van der Waals surface area (Å²) in [4.78, 5) is 0. The SMILES string of the molecule is Cc1ccc2c(oc3c(C#N)c(-c4cc[c]([Ge]([CH3])([CH3])[CH3])cc4)ccc32)c1-c1cccc[n+]1C. The Morgan fingerprint density at radius 2 is 1.55 bits per heavy atom. The molecule has 2 heterocycles. The van der Waals surface area contributed by atoms with Gasteiger partial charge in [-0.15, -0.1) is 0 Å². The molecule has 3 nitrogen and oxygen atoms in total. The summed E-state index contributed by atoms with van der Waals surface area (Å²) in [6.45, 7) is 2.10. The molecule has 33 heavy (non-hydrogen) atoms. The van der Waals surface area contributed by atoms with Crippen molar-refractivity contribution in [3.05, 3.63) is 84.1 Å². The van der Waals surface area contributed by atoms with E-state index >= 15 is 0 Å². The van der Waals surface area contributed by atoms with E-state index in [4.69, 9.17) is 4.42 Å². The number of nitriles is 1. The van der Waals surface area contributed by atoms with E-state index in [9.17, 15) is 5.26 Å². The van der Waals surface area contributed by atoms with Crippen molar-refractivity contribution in [3.8, 4) is 28.5 Å². The van der Waals surface area contributed by atoms with E-state index in [2.05, 4.69) is 89.4 Å². The zero-order chi connectivity index (χ0) is 23.3. The Kier molecular flexibility index (Phi) is 5.14. The third-order valence-corrected chi connectivity index (χ3v) is 10.8. The van der Waals surface area contributed by atoms with E-state index in [1.54, 1.807) is 0 Å². The van der Waals surface area contributed by atoms with Crippen molar-refractivity contribution < 1.29 is 8.98 Å². The van der Waals surface area contributed by atoms with Crippen molar-refractivity contribution in [2.75, 3.05) is 0 Å². The van der Waals surface area contributed by atoms with Crippen molar-refractivity contribution >= 4 is 39.6 Å². The number of furan rings is 1. The summed E-state index contributed by atoms with van der Waals surface area (Å²) in [6.07, 6.45) is 2.04. The van der Waals surface area contributed by atoms with Gasteiger partial charge in [0.15, 0.2) is 6.20 Å². The number of pyridine rings is 1. The van der Waals surface area contributed by atoms with Gasteiger partial charge in [0.1, 0.15) is 7.05 Å². The maximum atomic E-state index is 10.2. The molecule has 0 aliphatic heterocycles. The molecule has 0 atom stereocenters. The topological polar surface area (TPSA) is 40.8 Å². The first-order chi connectivity index (χ1) is 15.8. The molecule has 2 aromatic heterocycles. The Labute approximate surface area is 197 Å². The molecular weight excluding hydrogens is 465 g/mol. The van der Waals surface area contributed by atoms with E-state index in [1.807, 2.05) is 25.4 Å². The average Bonchev–Trinajstić information content (AvgIpc) is 3.17. The van der Waals surface area contributed by atoms with Crippen molar-refractivity contribution in [1.82, 2.24) is 0 Å². The summed E-state index contributed by atoms with van der Waals surface area (Å²) < 4.78 is 10.1. The minimum absolute atomic E-state index is 0.592. The van der Waals surface area contributed by atoms with Gasteiger partial charge in [-0.3, -0.25) is 0 Å². The van der Waals surface area contributed by atoms with Gasteiger partial charge >= 0.3 is 172 Å². The molecule has 0 bridgehead atoms. The van der Waals surface area contributed by atoms with Crippen molar-refractivity contribution in [2.24, 2.45) is 7.05 Å². The van der Waals surface area contributed by atoms with Crippen LogP contribution in [0.5, 0.6) is 0 Å². The molecule has 0 aliphatic carbocycles. The molecule has 0 fully saturated rings. The van der Waals surface area contributed by atoms with E-state index in [0.717, 1.165) is 44.3 Å². The molecule has 3 aromatic carbocycles. The number of aryl methyl sites for hydroxylation is 2. The van der Waals surface area contributed by atoms with Crippen LogP contribution in [0.1, 0.15) is 11.1 Å². The van der Waals surface area contributed by atoms with Crippen LogP contribution in [0.3, 0.4) is 0 Å². The minimum atomic E-state index is -1.89. The molecule has 4 heteroatoms. The van der Waals surface area contributed by atoms with Crippen LogP contribution in [0.15, 0.2) is 77.3 Å². The summed E-state index contributed by atoms with van der Waals surface area (Å²) in [5.74, 6) is 7.17. The average molecular weight is 492 g/mol. The number of fused-ring (bicyclic) bond motifs is 3. The van der Waals surface area contributed by atoms with Crippen LogP contribution >= 0.6 is 0 Å². The van der Waals surface area contributed by atoms with Gasteiger partial charge in [0.05, 0.1) is 0 Å². The third-order valence-electron chi connectivity index (χ3n) is 6.50. The number of hydrogen-bond donors (Lipinski definition) is 0. The van der Waals surface area contributed by atoms with Crippen LogP contribution in [-0.4, -0.2) is 13.3 Å². The molecule has 0 N–H and O–H groups in total. The van der Waals surface area contributed by atoms with Crippen molar-refractivity contribution in [1.29, 1.82) is 5.26 Å². The second-order valence-corrected chi connectivity index (χ2v) is 20.4. The van der Waals surface area contributed by atoms with Gasteiger partial charge in [0.2, 0.25) is 0 Å². The van der Waals surface area contributed by atoms with Crippen LogP contribution < -0.4 is 8.96 Å². The molecule has 0 aliphatic rings. The van der Waals surface area contributed by atoms with Gasteiger partial charge < -0.3 is 0 Å². The fraction of sp³-hybridized carbons (Fsp3) is 0.172. The van der Waals surface area contributed by atoms with Gasteiger partial charge in [-0.2, -0.15) is 0 Å². The van der Waals surface area contributed by atoms with Crippen LogP contribution in [-0.2, 0) is 7.05 Å². The predicted molar refractivity (Wildman–Crippen MR) is 138 cm³/mol. The van der Waals surface area contributed by atoms with Gasteiger partial charge in [-0.05, 0) is 6.07 Å². The molecule has 0 saturated carbocycles. The molecule has 5 rings (SSSR count). The second kappa shape index (κ2) is 7.90. The number of hydrogen-bond acceptors (Lipinski definition) is 2. The molecule has 0 radical (unpaired) electrons. The summed E-state index contributed by atoms with van der Waals surface area (Å²) in [7, 11) is 2.04. The quantitative estimate of drug-likeness (QED) is 0.214. The van der Waals surface area contributed by atoms with Gasteiger partial charge in [-0.25, -0.2) is 0 Å². The normalized spacial score (nSPS) is 11.8. The number of aromatic nitrogens is 1. The summed E-state index contributed by atoms with van der Waals surface area (Å²) in [5.41, 5.74) is 7.35. The van der Waals surface area contributed by atoms with Crippen LogP contribution in [0.4, 0.5) is 0 Å². The van der Waals surface area contributed by atoms with Gasteiger partial charge in [-0.1, -0.05) is 0 Å². The summed E-state index contributed by atoms with van der Waals surface area (Å²) in [5, 5.41) is 12.2. The van der Waals surface area contributed by atoms with E-state index < -0.39 is 13.3 Å². The van der Waals surface area contributed by atoms with Crippen molar-refractivity contribution in [3.63, 3.8) is 0 Å². The second-order valence-electron chi connectivity index (χ2n) is 9.74. The van der Waals surface area contributed by atoms with Crippen LogP contribution in [0, 0.1) is 18.3 Å². The molecule has 162 valence electrons. The minimum Gasteiger partial charge on any atom is -0.0497 e. The predicted octanol–water partition coefficient (Wildman–Crippen LogP) is 6.47. The molecule has 0 unspecified atom stereocenters. The van der Waals surface area contributed by atoms with E-state index in [-0.39, 0.29) is 0 Å².